The molecule has 1 aromatic heterocycles. The van der Waals surface area contributed by atoms with E-state index in [4.69, 9.17) is 4.42 Å². The highest BCUT2D eigenvalue weighted by molar-refractivity contribution is 7.83. The summed E-state index contributed by atoms with van der Waals surface area (Å²) in [6.07, 6.45) is 8.00. The maximum absolute atomic E-state index is 12.1. The van der Waals surface area contributed by atoms with Crippen molar-refractivity contribution in [1.82, 2.24) is 10.2 Å². The fourth-order valence-electron chi connectivity index (χ4n) is 2.40. The second-order valence-electron chi connectivity index (χ2n) is 6.00. The number of anilines is 1. The van der Waals surface area contributed by atoms with Gasteiger partial charge in [0.05, 0.1) is 17.8 Å². The molecule has 1 aliphatic heterocycles. The molecule has 0 saturated heterocycles. The Hall–Kier alpha value is -3.58. The van der Waals surface area contributed by atoms with Gasteiger partial charge in [0.2, 0.25) is 0 Å². The Kier molecular flexibility index (Phi) is 10.0. The Morgan fingerprint density at radius 3 is 2.39 bits per heavy atom. The molecule has 1 unspecified atom stereocenters. The van der Waals surface area contributed by atoms with Gasteiger partial charge in [-0.3, -0.25) is 4.79 Å². The third kappa shape index (κ3) is 6.72. The lowest BCUT2D eigenvalue weighted by Crippen LogP contribution is -2.33. The largest absolute Gasteiger partial charge is 0.505 e. The molecular formula is C21H27N5O4S. The van der Waals surface area contributed by atoms with E-state index in [1.54, 1.807) is 26.2 Å². The number of amidine groups is 2. The van der Waals surface area contributed by atoms with Crippen molar-refractivity contribution in [3.63, 3.8) is 0 Å². The number of furan rings is 1. The van der Waals surface area contributed by atoms with Gasteiger partial charge in [0.25, 0.3) is 17.1 Å². The van der Waals surface area contributed by atoms with Crippen LogP contribution in [0.4, 0.5) is 5.69 Å². The number of benzene rings is 1. The van der Waals surface area contributed by atoms with Crippen LogP contribution in [0.5, 0.6) is 5.75 Å². The van der Waals surface area contributed by atoms with Crippen LogP contribution in [0.2, 0.25) is 0 Å². The van der Waals surface area contributed by atoms with Crippen molar-refractivity contribution in [2.45, 2.75) is 27.3 Å². The first-order chi connectivity index (χ1) is 14.8. The van der Waals surface area contributed by atoms with Crippen LogP contribution in [-0.4, -0.2) is 45.9 Å². The number of phenolic OH excluding ortho intramolecular Hbond substituents is 1. The number of aryl methyl sites for hydroxylation is 1. The Labute approximate surface area is 185 Å². The van der Waals surface area contributed by atoms with Crippen molar-refractivity contribution in [3.8, 4) is 18.6 Å². The topological polar surface area (TPSA) is 120 Å². The minimum Gasteiger partial charge on any atom is -0.505 e. The van der Waals surface area contributed by atoms with Crippen molar-refractivity contribution in [2.75, 3.05) is 19.4 Å². The molecule has 0 aliphatic carbocycles. The number of rotatable bonds is 4. The van der Waals surface area contributed by atoms with E-state index in [1.807, 2.05) is 32.9 Å². The first-order valence-corrected chi connectivity index (χ1v) is 10.4. The molecule has 1 amide bonds. The highest BCUT2D eigenvalue weighted by atomic mass is 32.2. The van der Waals surface area contributed by atoms with Gasteiger partial charge >= 0.3 is 0 Å². The highest BCUT2D eigenvalue weighted by Gasteiger charge is 2.22. The Morgan fingerprint density at radius 2 is 1.81 bits per heavy atom. The second kappa shape index (κ2) is 12.2. The molecular weight excluding hydrogens is 418 g/mol. The summed E-state index contributed by atoms with van der Waals surface area (Å²) in [6, 6.07) is 8.38. The van der Waals surface area contributed by atoms with Gasteiger partial charge in [0.15, 0.2) is 17.4 Å². The third-order valence-corrected chi connectivity index (χ3v) is 4.39. The predicted molar refractivity (Wildman–Crippen MR) is 124 cm³/mol. The average molecular weight is 446 g/mol. The molecule has 1 aromatic carbocycles. The number of hydrogen-bond donors (Lipinski definition) is 3. The maximum atomic E-state index is 12.1. The summed E-state index contributed by atoms with van der Waals surface area (Å²) in [5.74, 6) is 1.37. The minimum absolute atomic E-state index is 0.141. The van der Waals surface area contributed by atoms with Gasteiger partial charge in [-0.15, -0.1) is 21.6 Å². The molecule has 9 nitrogen and oxygen atoms in total. The van der Waals surface area contributed by atoms with Gasteiger partial charge in [-0.2, -0.15) is 0 Å². The predicted octanol–water partition coefficient (Wildman–Crippen LogP) is 2.86. The van der Waals surface area contributed by atoms with E-state index in [2.05, 4.69) is 32.3 Å². The molecule has 1 aliphatic rings. The molecule has 0 radical (unpaired) electrons. The van der Waals surface area contributed by atoms with Crippen LogP contribution in [-0.2, 0) is 17.7 Å². The molecule has 2 heterocycles. The van der Waals surface area contributed by atoms with Crippen molar-refractivity contribution < 1.29 is 18.5 Å². The number of nitrogens with one attached hydrogen (secondary N) is 2. The quantitative estimate of drug-likeness (QED) is 0.492. The van der Waals surface area contributed by atoms with E-state index in [-0.39, 0.29) is 34.6 Å². The first kappa shape index (κ1) is 25.5. The number of carbonyl (C=O) groups excluding carboxylic acids is 1. The van der Waals surface area contributed by atoms with Gasteiger partial charge in [-0.05, 0) is 31.2 Å². The van der Waals surface area contributed by atoms with Crippen LogP contribution in [0, 0.1) is 19.8 Å². The number of aromatic hydroxyl groups is 1. The summed E-state index contributed by atoms with van der Waals surface area (Å²) < 4.78 is 25.0. The minimum atomic E-state index is -1.77. The van der Waals surface area contributed by atoms with E-state index >= 15 is 0 Å². The SMILES string of the molecule is C#C.CC.Cc1ccc(CNC2=NS(=O)N=C2Nc2cccc(C(=O)N(C)C)c2O)o1. The molecule has 166 valence electrons. The standard InChI is InChI=1S/C17H19N5O4S.C2H6.C2H2/c1-10-7-8-11(26-10)9-18-15-16(21-27(25)20-15)19-13-6-4-5-12(14(13)23)17(24)22(2)3;2*1-2/h4-8,23H,9H2,1-3H3,(H,18,20)(H,19,21);1-2H3;1-2H. The number of para-hydroxylation sites is 1. The smallest absolute Gasteiger partial charge is 0.269 e. The highest BCUT2D eigenvalue weighted by Crippen LogP contribution is 2.28. The summed E-state index contributed by atoms with van der Waals surface area (Å²) in [5, 5.41) is 16.3. The molecule has 10 heteroatoms. The lowest BCUT2D eigenvalue weighted by Gasteiger charge is -2.15. The fraction of sp³-hybridized carbons (Fsp3) is 0.286. The molecule has 0 bridgehead atoms. The summed E-state index contributed by atoms with van der Waals surface area (Å²) in [7, 11) is 3.19. The van der Waals surface area contributed by atoms with Crippen LogP contribution in [0.15, 0.2) is 43.5 Å². The van der Waals surface area contributed by atoms with Crippen molar-refractivity contribution >= 4 is 34.4 Å². The van der Waals surface area contributed by atoms with Crippen molar-refractivity contribution in [2.24, 2.45) is 8.80 Å². The molecule has 1 atom stereocenters. The first-order valence-electron chi connectivity index (χ1n) is 9.38. The number of hydrogen-bond acceptors (Lipinski definition) is 6. The second-order valence-corrected chi connectivity index (χ2v) is 6.83. The van der Waals surface area contributed by atoms with Crippen LogP contribution in [0.25, 0.3) is 0 Å². The number of amides is 1. The summed E-state index contributed by atoms with van der Waals surface area (Å²) >= 11 is -1.77. The molecule has 0 fully saturated rings. The zero-order valence-corrected chi connectivity index (χ0v) is 19.0. The van der Waals surface area contributed by atoms with E-state index in [0.29, 0.717) is 12.3 Å². The van der Waals surface area contributed by atoms with Crippen LogP contribution in [0.3, 0.4) is 0 Å². The Balaban J connectivity index is 0.00000113. The number of phenols is 1. The maximum Gasteiger partial charge on any atom is 0.269 e. The summed E-state index contributed by atoms with van der Waals surface area (Å²) in [4.78, 5) is 13.5. The van der Waals surface area contributed by atoms with Crippen LogP contribution >= 0.6 is 0 Å². The molecule has 31 heavy (non-hydrogen) atoms. The monoisotopic (exact) mass is 445 g/mol. The lowest BCUT2D eigenvalue weighted by molar-refractivity contribution is 0.0824. The van der Waals surface area contributed by atoms with Crippen LogP contribution in [0.1, 0.15) is 35.7 Å². The van der Waals surface area contributed by atoms with Gasteiger partial charge in [-0.25, -0.2) is 4.21 Å². The van der Waals surface area contributed by atoms with Gasteiger partial charge < -0.3 is 25.1 Å². The third-order valence-electron chi connectivity index (χ3n) is 3.71. The molecule has 2 aromatic rings. The average Bonchev–Trinajstić information content (AvgIpc) is 3.34. The number of carbonyl (C=O) groups is 1. The fourth-order valence-corrected chi connectivity index (χ4v) is 3.03. The van der Waals surface area contributed by atoms with E-state index in [0.717, 1.165) is 5.76 Å². The zero-order chi connectivity index (χ0) is 23.6. The molecule has 3 N–H and O–H groups in total. The Morgan fingerprint density at radius 1 is 1.16 bits per heavy atom. The normalized spacial score (nSPS) is 14.1. The van der Waals surface area contributed by atoms with Crippen LogP contribution < -0.4 is 10.6 Å². The van der Waals surface area contributed by atoms with Gasteiger partial charge in [0.1, 0.15) is 11.5 Å². The van der Waals surface area contributed by atoms with E-state index < -0.39 is 11.2 Å². The zero-order valence-electron chi connectivity index (χ0n) is 18.2. The van der Waals surface area contributed by atoms with Gasteiger partial charge in [0, 0.05) is 14.1 Å². The summed E-state index contributed by atoms with van der Waals surface area (Å²) in [6.45, 7) is 6.17. The summed E-state index contributed by atoms with van der Waals surface area (Å²) in [5.41, 5.74) is 0.394. The Bertz CT molecular complexity index is 1010. The number of terminal acetylenes is 1. The molecule has 0 saturated carbocycles. The molecule has 3 rings (SSSR count). The molecule has 0 spiro atoms. The van der Waals surface area contributed by atoms with E-state index in [1.165, 1.54) is 11.0 Å². The lowest BCUT2D eigenvalue weighted by atomic mass is 10.1. The van der Waals surface area contributed by atoms with Crippen molar-refractivity contribution in [1.29, 1.82) is 0 Å². The van der Waals surface area contributed by atoms with Gasteiger partial charge in [-0.1, -0.05) is 19.9 Å². The van der Waals surface area contributed by atoms with E-state index in [9.17, 15) is 14.1 Å². The van der Waals surface area contributed by atoms with Crippen molar-refractivity contribution in [3.05, 3.63) is 47.4 Å². The number of nitrogens with zero attached hydrogens (tertiary/aromatic N) is 3.